The number of hydrazine groups is 1. The number of carbonyl (C=O) groups excluding carboxylic acids is 2. The van der Waals surface area contributed by atoms with Crippen molar-refractivity contribution in [2.24, 2.45) is 15.2 Å². The van der Waals surface area contributed by atoms with Crippen molar-refractivity contribution in [3.8, 4) is 11.5 Å². The molecule has 240 valence electrons. The van der Waals surface area contributed by atoms with Gasteiger partial charge < -0.3 is 14.8 Å². The van der Waals surface area contributed by atoms with Crippen LogP contribution in [0.1, 0.15) is 11.1 Å². The monoisotopic (exact) mass is 692 g/mol. The molecule has 11 nitrogen and oxygen atoms in total. The summed E-state index contributed by atoms with van der Waals surface area (Å²) >= 11 is 18.9. The second-order valence-corrected chi connectivity index (χ2v) is 11.2. The van der Waals surface area contributed by atoms with Crippen LogP contribution in [0, 0.1) is 20.5 Å². The Labute approximate surface area is 285 Å². The van der Waals surface area contributed by atoms with Crippen molar-refractivity contribution in [3.05, 3.63) is 112 Å². The summed E-state index contributed by atoms with van der Waals surface area (Å²) in [4.78, 5) is 31.0. The normalized spacial score (nSPS) is 14.8. The van der Waals surface area contributed by atoms with E-state index in [1.807, 2.05) is 32.0 Å². The zero-order valence-electron chi connectivity index (χ0n) is 25.3. The van der Waals surface area contributed by atoms with Gasteiger partial charge >= 0.3 is 11.3 Å². The number of carbonyl (C=O) groups is 2. The van der Waals surface area contributed by atoms with E-state index in [4.69, 9.17) is 48.9 Å². The van der Waals surface area contributed by atoms with Crippen LogP contribution in [0.25, 0.3) is 0 Å². The van der Waals surface area contributed by atoms with Gasteiger partial charge in [-0.3, -0.25) is 15.0 Å². The van der Waals surface area contributed by atoms with Crippen molar-refractivity contribution in [2.45, 2.75) is 19.9 Å². The number of aryl methyl sites for hydroxylation is 2. The Morgan fingerprint density at radius 1 is 0.979 bits per heavy atom. The molecule has 0 spiro atoms. The topological polar surface area (TPSA) is 137 Å². The zero-order chi connectivity index (χ0) is 34.1. The van der Waals surface area contributed by atoms with Crippen LogP contribution < -0.4 is 25.2 Å². The Hall–Kier alpha value is -4.90. The third-order valence-corrected chi connectivity index (χ3v) is 7.38. The van der Waals surface area contributed by atoms with Crippen molar-refractivity contribution in [3.63, 3.8) is 0 Å². The number of amidine groups is 1. The summed E-state index contributed by atoms with van der Waals surface area (Å²) in [6.07, 6.45) is 0. The van der Waals surface area contributed by atoms with Gasteiger partial charge in [-0.15, -0.1) is 0 Å². The van der Waals surface area contributed by atoms with E-state index in [1.54, 1.807) is 55.6 Å². The number of ether oxygens (including phenoxy) is 2. The van der Waals surface area contributed by atoms with E-state index >= 15 is 0 Å². The Bertz CT molecular complexity index is 1840. The summed E-state index contributed by atoms with van der Waals surface area (Å²) in [6.45, 7) is 8.19. The predicted molar refractivity (Wildman–Crippen MR) is 181 cm³/mol. The Morgan fingerprint density at radius 3 is 2.36 bits per heavy atom. The van der Waals surface area contributed by atoms with E-state index in [1.165, 1.54) is 12.1 Å². The Morgan fingerprint density at radius 2 is 1.68 bits per heavy atom. The van der Waals surface area contributed by atoms with E-state index < -0.39 is 11.9 Å². The molecule has 1 aliphatic rings. The van der Waals surface area contributed by atoms with Gasteiger partial charge in [0.05, 0.1) is 28.5 Å². The molecule has 1 atom stereocenters. The molecular weight excluding hydrogens is 667 g/mol. The van der Waals surface area contributed by atoms with E-state index in [9.17, 15) is 9.59 Å². The molecule has 1 saturated heterocycles. The van der Waals surface area contributed by atoms with Gasteiger partial charge in [0, 0.05) is 10.7 Å². The SMILES string of the molecule is COc1ccc(N=NC2C(=O)N(c3c(Cl)cc(Cl)cc3Cl)NC2=Nc2cccc(NC(=O)COc3cc(C)ccc3C)c2)cc1.[C-]#[O+]. The molecule has 0 aromatic heterocycles. The van der Waals surface area contributed by atoms with E-state index in [0.717, 1.165) is 16.1 Å². The number of amides is 2. The molecule has 47 heavy (non-hydrogen) atoms. The van der Waals surface area contributed by atoms with Gasteiger partial charge in [0.25, 0.3) is 11.8 Å². The van der Waals surface area contributed by atoms with Crippen LogP contribution in [0.2, 0.25) is 15.1 Å². The standard InChI is InChI=1S/C32H27Cl3N6O4.CO/c1-18-7-8-19(2)27(13-18)45-17-28(42)36-22-5-4-6-23(16-22)37-31-29(39-38-21-9-11-24(44-3)12-10-21)32(43)41(40-31)30-25(34)14-20(33)15-26(30)35;1-2/h4-16,29H,17H2,1-3H3,(H,36,42)(H,37,40);. The van der Waals surface area contributed by atoms with E-state index in [2.05, 4.69) is 32.6 Å². The van der Waals surface area contributed by atoms with Gasteiger partial charge in [0.1, 0.15) is 17.2 Å². The summed E-state index contributed by atoms with van der Waals surface area (Å²) in [5, 5.41) is 13.1. The molecule has 2 amide bonds. The number of nitrogens with zero attached hydrogens (tertiary/aromatic N) is 4. The fraction of sp³-hybridized carbons (Fsp3) is 0.152. The Balaban J connectivity index is 0.00000245. The van der Waals surface area contributed by atoms with Crippen molar-refractivity contribution >= 4 is 75.2 Å². The maximum atomic E-state index is 13.7. The molecule has 14 heteroatoms. The molecule has 2 N–H and O–H groups in total. The van der Waals surface area contributed by atoms with Crippen LogP contribution in [0.15, 0.2) is 94.1 Å². The number of rotatable bonds is 9. The number of hydrogen-bond donors (Lipinski definition) is 2. The fourth-order valence-electron chi connectivity index (χ4n) is 4.34. The summed E-state index contributed by atoms with van der Waals surface area (Å²) in [5.41, 5.74) is 6.51. The van der Waals surface area contributed by atoms with Gasteiger partial charge in [-0.25, -0.2) is 10.0 Å². The number of benzene rings is 4. The number of hydrogen-bond acceptors (Lipinski definition) is 7. The first-order chi connectivity index (χ1) is 22.6. The molecule has 4 aromatic rings. The van der Waals surface area contributed by atoms with Crippen LogP contribution >= 0.6 is 34.8 Å². The minimum atomic E-state index is -1.17. The number of nitrogens with one attached hydrogen (secondary N) is 2. The van der Waals surface area contributed by atoms with Crippen LogP contribution in [0.5, 0.6) is 11.5 Å². The summed E-state index contributed by atoms with van der Waals surface area (Å²) in [6, 6.07) is 21.2. The van der Waals surface area contributed by atoms with Gasteiger partial charge in [-0.2, -0.15) is 10.2 Å². The second kappa shape index (κ2) is 16.1. The molecule has 1 unspecified atom stereocenters. The average Bonchev–Trinajstić information content (AvgIpc) is 3.34. The number of anilines is 2. The molecule has 1 heterocycles. The molecule has 1 aliphatic heterocycles. The molecule has 4 aromatic carbocycles. The third-order valence-electron chi connectivity index (χ3n) is 6.59. The van der Waals surface area contributed by atoms with Gasteiger partial charge in [-0.1, -0.05) is 53.0 Å². The van der Waals surface area contributed by atoms with Crippen molar-refractivity contribution < 1.29 is 23.7 Å². The Kier molecular flexibility index (Phi) is 12.0. The second-order valence-electron chi connectivity index (χ2n) is 9.97. The number of methoxy groups -OCH3 is 1. The number of aliphatic imine (C=N–C) groups is 1. The zero-order valence-corrected chi connectivity index (χ0v) is 27.5. The van der Waals surface area contributed by atoms with Crippen LogP contribution in [-0.2, 0) is 14.2 Å². The molecule has 1 fully saturated rings. The van der Waals surface area contributed by atoms with Crippen LogP contribution in [-0.4, -0.2) is 37.4 Å². The first kappa shape index (κ1) is 35.0. The van der Waals surface area contributed by atoms with Gasteiger partial charge in [0.2, 0.25) is 6.04 Å². The third kappa shape index (κ3) is 8.88. The summed E-state index contributed by atoms with van der Waals surface area (Å²) in [7, 11) is 1.56. The average molecular weight is 694 g/mol. The van der Waals surface area contributed by atoms with Crippen molar-refractivity contribution in [1.82, 2.24) is 5.43 Å². The molecule has 0 saturated carbocycles. The quantitative estimate of drug-likeness (QED) is 0.104. The van der Waals surface area contributed by atoms with E-state index in [-0.39, 0.29) is 34.1 Å². The molecule has 0 aliphatic carbocycles. The van der Waals surface area contributed by atoms with Crippen molar-refractivity contribution in [1.29, 1.82) is 0 Å². The molecular formula is C33H27Cl3N6O5. The number of azo groups is 1. The van der Waals surface area contributed by atoms with Gasteiger partial charge in [0.15, 0.2) is 12.4 Å². The first-order valence-corrected chi connectivity index (χ1v) is 14.9. The molecule has 0 radical (unpaired) electrons. The van der Waals surface area contributed by atoms with Crippen LogP contribution in [0.4, 0.5) is 22.7 Å². The van der Waals surface area contributed by atoms with Gasteiger partial charge in [-0.05, 0) is 85.6 Å². The summed E-state index contributed by atoms with van der Waals surface area (Å²) in [5.74, 6) is 0.574. The minimum absolute atomic E-state index is 0.147. The molecule has 0 bridgehead atoms. The number of halogens is 3. The molecule has 5 rings (SSSR count). The van der Waals surface area contributed by atoms with E-state index in [0.29, 0.717) is 33.6 Å². The van der Waals surface area contributed by atoms with Crippen molar-refractivity contribution in [2.75, 3.05) is 24.0 Å². The predicted octanol–water partition coefficient (Wildman–Crippen LogP) is 7.99. The van der Waals surface area contributed by atoms with Crippen LogP contribution in [0.3, 0.4) is 0 Å². The summed E-state index contributed by atoms with van der Waals surface area (Å²) < 4.78 is 18.4. The first-order valence-electron chi connectivity index (χ1n) is 13.8. The maximum absolute atomic E-state index is 13.7. The fourth-order valence-corrected chi connectivity index (χ4v) is 5.33.